The van der Waals surface area contributed by atoms with Crippen LogP contribution in [0.15, 0.2) is 54.6 Å². The molecular formula is C17H17N3. The van der Waals surface area contributed by atoms with Gasteiger partial charge in [-0.05, 0) is 12.5 Å². The zero-order valence-corrected chi connectivity index (χ0v) is 11.4. The Morgan fingerprint density at radius 1 is 1.00 bits per heavy atom. The summed E-state index contributed by atoms with van der Waals surface area (Å²) in [5.74, 6) is 0.877. The van der Waals surface area contributed by atoms with Gasteiger partial charge in [-0.15, -0.1) is 0 Å². The minimum atomic E-state index is 0.511. The lowest BCUT2D eigenvalue weighted by atomic mass is 10.1. The fraction of sp³-hybridized carbons (Fsp3) is 0.118. The lowest BCUT2D eigenvalue weighted by molar-refractivity contribution is 1.07. The predicted molar refractivity (Wildman–Crippen MR) is 82.1 cm³/mol. The van der Waals surface area contributed by atoms with Gasteiger partial charge in [-0.3, -0.25) is 0 Å². The fourth-order valence-corrected chi connectivity index (χ4v) is 2.39. The predicted octanol–water partition coefficient (Wildman–Crippen LogP) is 3.51. The molecule has 3 N–H and O–H groups in total. The van der Waals surface area contributed by atoms with E-state index in [4.69, 9.17) is 10.7 Å². The Bertz CT molecular complexity index is 714. The highest BCUT2D eigenvalue weighted by molar-refractivity contribution is 5.68. The first-order valence-corrected chi connectivity index (χ1v) is 6.70. The molecule has 0 spiro atoms. The molecule has 1 aromatic heterocycles. The number of H-pyrrole nitrogens is 1. The molecule has 0 fully saturated rings. The molecule has 3 rings (SSSR count). The summed E-state index contributed by atoms with van der Waals surface area (Å²) in [6, 6.07) is 18.3. The lowest BCUT2D eigenvalue weighted by Crippen LogP contribution is -1.99. The maximum Gasteiger partial charge on any atom is 0.138 e. The number of aryl methyl sites for hydroxylation is 1. The van der Waals surface area contributed by atoms with Crippen LogP contribution in [-0.4, -0.2) is 9.97 Å². The van der Waals surface area contributed by atoms with E-state index in [1.54, 1.807) is 0 Å². The van der Waals surface area contributed by atoms with Crippen molar-refractivity contribution in [2.24, 2.45) is 5.73 Å². The van der Waals surface area contributed by atoms with Gasteiger partial charge in [0.15, 0.2) is 0 Å². The average Bonchev–Trinajstić information content (AvgIpc) is 2.90. The van der Waals surface area contributed by atoms with Crippen LogP contribution in [0.1, 0.15) is 11.3 Å². The van der Waals surface area contributed by atoms with Crippen molar-refractivity contribution in [3.05, 3.63) is 65.9 Å². The summed E-state index contributed by atoms with van der Waals surface area (Å²) < 4.78 is 0. The van der Waals surface area contributed by atoms with E-state index in [9.17, 15) is 0 Å². The number of aromatic amines is 1. The molecule has 0 atom stereocenters. The topological polar surface area (TPSA) is 54.7 Å². The number of nitrogens with zero attached hydrogens (tertiary/aromatic N) is 1. The number of rotatable bonds is 3. The third kappa shape index (κ3) is 2.24. The van der Waals surface area contributed by atoms with Gasteiger partial charge < -0.3 is 10.7 Å². The van der Waals surface area contributed by atoms with E-state index in [0.717, 1.165) is 33.9 Å². The molecule has 3 nitrogen and oxygen atoms in total. The Labute approximate surface area is 118 Å². The van der Waals surface area contributed by atoms with E-state index in [0.29, 0.717) is 6.54 Å². The molecule has 100 valence electrons. The van der Waals surface area contributed by atoms with E-state index < -0.39 is 0 Å². The van der Waals surface area contributed by atoms with Crippen molar-refractivity contribution in [1.29, 1.82) is 0 Å². The van der Waals surface area contributed by atoms with Crippen molar-refractivity contribution in [2.75, 3.05) is 0 Å². The van der Waals surface area contributed by atoms with E-state index >= 15 is 0 Å². The second-order valence-electron chi connectivity index (χ2n) is 4.79. The smallest absolute Gasteiger partial charge is 0.138 e. The molecule has 0 aliphatic rings. The van der Waals surface area contributed by atoms with Crippen LogP contribution in [0.4, 0.5) is 0 Å². The number of hydrogen-bond donors (Lipinski definition) is 2. The van der Waals surface area contributed by atoms with Gasteiger partial charge in [0.05, 0.1) is 5.69 Å². The normalized spacial score (nSPS) is 10.7. The Morgan fingerprint density at radius 2 is 1.70 bits per heavy atom. The molecule has 3 aromatic rings. The third-order valence-electron chi connectivity index (χ3n) is 3.42. The highest BCUT2D eigenvalue weighted by Crippen LogP contribution is 2.27. The van der Waals surface area contributed by atoms with Gasteiger partial charge in [-0.1, -0.05) is 54.6 Å². The summed E-state index contributed by atoms with van der Waals surface area (Å²) in [7, 11) is 0. The van der Waals surface area contributed by atoms with Gasteiger partial charge in [0.25, 0.3) is 0 Å². The van der Waals surface area contributed by atoms with Crippen LogP contribution in [0.25, 0.3) is 22.6 Å². The second kappa shape index (κ2) is 5.31. The summed E-state index contributed by atoms with van der Waals surface area (Å²) in [4.78, 5) is 8.12. The SMILES string of the molecule is Cc1[nH]c(-c2ccccc2CN)nc1-c1ccccc1. The maximum absolute atomic E-state index is 5.80. The summed E-state index contributed by atoms with van der Waals surface area (Å²) >= 11 is 0. The highest BCUT2D eigenvalue weighted by Gasteiger charge is 2.12. The molecule has 0 aliphatic carbocycles. The first kappa shape index (κ1) is 12.6. The molecule has 0 aliphatic heterocycles. The lowest BCUT2D eigenvalue weighted by Gasteiger charge is -2.03. The molecule has 0 amide bonds. The number of imidazole rings is 1. The summed E-state index contributed by atoms with van der Waals surface area (Å²) in [5, 5.41) is 0. The Balaban J connectivity index is 2.09. The van der Waals surface area contributed by atoms with Crippen LogP contribution in [0.3, 0.4) is 0 Å². The Hall–Kier alpha value is -2.39. The number of aromatic nitrogens is 2. The van der Waals surface area contributed by atoms with Crippen molar-refractivity contribution in [2.45, 2.75) is 13.5 Å². The monoisotopic (exact) mass is 263 g/mol. The molecule has 1 heterocycles. The molecular weight excluding hydrogens is 246 g/mol. The molecule has 0 radical (unpaired) electrons. The van der Waals surface area contributed by atoms with Crippen LogP contribution in [0, 0.1) is 6.92 Å². The third-order valence-corrected chi connectivity index (χ3v) is 3.42. The van der Waals surface area contributed by atoms with E-state index in [2.05, 4.69) is 23.2 Å². The zero-order valence-electron chi connectivity index (χ0n) is 11.4. The van der Waals surface area contributed by atoms with Crippen molar-refractivity contribution < 1.29 is 0 Å². The van der Waals surface area contributed by atoms with Crippen LogP contribution >= 0.6 is 0 Å². The van der Waals surface area contributed by atoms with E-state index in [1.165, 1.54) is 0 Å². The molecule has 2 aromatic carbocycles. The molecule has 3 heteroatoms. The van der Waals surface area contributed by atoms with Gasteiger partial charge in [-0.25, -0.2) is 4.98 Å². The van der Waals surface area contributed by atoms with Crippen molar-refractivity contribution in [3.8, 4) is 22.6 Å². The number of nitrogens with one attached hydrogen (secondary N) is 1. The zero-order chi connectivity index (χ0) is 13.9. The molecule has 20 heavy (non-hydrogen) atoms. The summed E-state index contributed by atoms with van der Waals surface area (Å²) in [6.45, 7) is 2.56. The van der Waals surface area contributed by atoms with Gasteiger partial charge in [0.1, 0.15) is 5.82 Å². The van der Waals surface area contributed by atoms with Gasteiger partial charge in [0, 0.05) is 23.4 Å². The highest BCUT2D eigenvalue weighted by atomic mass is 14.9. The minimum absolute atomic E-state index is 0.511. The second-order valence-corrected chi connectivity index (χ2v) is 4.79. The number of nitrogens with two attached hydrogens (primary N) is 1. The van der Waals surface area contributed by atoms with Crippen LogP contribution < -0.4 is 5.73 Å². The minimum Gasteiger partial charge on any atom is -0.342 e. The summed E-state index contributed by atoms with van der Waals surface area (Å²) in [6.07, 6.45) is 0. The Kier molecular flexibility index (Phi) is 3.35. The first-order chi connectivity index (χ1) is 9.79. The standard InChI is InChI=1S/C17H17N3/c1-12-16(13-7-3-2-4-8-13)20-17(19-12)15-10-6-5-9-14(15)11-18/h2-10H,11,18H2,1H3,(H,19,20). The van der Waals surface area contributed by atoms with Crippen LogP contribution in [0.5, 0.6) is 0 Å². The molecule has 0 saturated heterocycles. The Morgan fingerprint density at radius 3 is 2.45 bits per heavy atom. The van der Waals surface area contributed by atoms with Crippen molar-refractivity contribution >= 4 is 0 Å². The van der Waals surface area contributed by atoms with Gasteiger partial charge >= 0.3 is 0 Å². The van der Waals surface area contributed by atoms with Crippen molar-refractivity contribution in [3.63, 3.8) is 0 Å². The quantitative estimate of drug-likeness (QED) is 0.759. The molecule has 0 unspecified atom stereocenters. The fourth-order valence-electron chi connectivity index (χ4n) is 2.39. The van der Waals surface area contributed by atoms with E-state index in [1.807, 2.05) is 43.3 Å². The summed E-state index contributed by atoms with van der Waals surface area (Å²) in [5.41, 5.74) is 11.2. The van der Waals surface area contributed by atoms with Gasteiger partial charge in [-0.2, -0.15) is 0 Å². The van der Waals surface area contributed by atoms with Gasteiger partial charge in [0.2, 0.25) is 0 Å². The average molecular weight is 263 g/mol. The molecule has 0 bridgehead atoms. The van der Waals surface area contributed by atoms with Crippen LogP contribution in [-0.2, 0) is 6.54 Å². The maximum atomic E-state index is 5.80. The number of benzene rings is 2. The molecule has 0 saturated carbocycles. The van der Waals surface area contributed by atoms with Crippen molar-refractivity contribution in [1.82, 2.24) is 9.97 Å². The van der Waals surface area contributed by atoms with E-state index in [-0.39, 0.29) is 0 Å². The van der Waals surface area contributed by atoms with Crippen LogP contribution in [0.2, 0.25) is 0 Å². The first-order valence-electron chi connectivity index (χ1n) is 6.70. The largest absolute Gasteiger partial charge is 0.342 e. The number of hydrogen-bond acceptors (Lipinski definition) is 2.